The predicted molar refractivity (Wildman–Crippen MR) is 67.7 cm³/mol. The van der Waals surface area contributed by atoms with Gasteiger partial charge in [-0.1, -0.05) is 5.16 Å². The van der Waals surface area contributed by atoms with Crippen molar-refractivity contribution in [2.75, 3.05) is 0 Å². The van der Waals surface area contributed by atoms with E-state index in [9.17, 15) is 9.59 Å². The first-order chi connectivity index (χ1) is 8.90. The van der Waals surface area contributed by atoms with Crippen LogP contribution in [-0.4, -0.2) is 28.3 Å². The van der Waals surface area contributed by atoms with Gasteiger partial charge < -0.3 is 20.3 Å². The van der Waals surface area contributed by atoms with Crippen LogP contribution < -0.4 is 10.6 Å². The number of hydrogen-bond acceptors (Lipinski definition) is 4. The number of hydrogen-bond donors (Lipinski definition) is 3. The van der Waals surface area contributed by atoms with Gasteiger partial charge in [0, 0.05) is 24.6 Å². The van der Waals surface area contributed by atoms with Crippen LogP contribution in [0.15, 0.2) is 4.52 Å². The monoisotopic (exact) mass is 269 g/mol. The zero-order valence-corrected chi connectivity index (χ0v) is 11.3. The highest BCUT2D eigenvalue weighted by molar-refractivity contribution is 5.74. The molecule has 1 aromatic rings. The van der Waals surface area contributed by atoms with Gasteiger partial charge in [0.1, 0.15) is 5.76 Å². The summed E-state index contributed by atoms with van der Waals surface area (Å²) in [4.78, 5) is 22.0. The second-order valence-corrected chi connectivity index (χ2v) is 4.46. The number of carbonyl (C=O) groups excluding carboxylic acids is 1. The Morgan fingerprint density at radius 1 is 1.42 bits per heavy atom. The van der Waals surface area contributed by atoms with E-state index in [1.54, 1.807) is 20.8 Å². The van der Waals surface area contributed by atoms with Crippen molar-refractivity contribution in [3.05, 3.63) is 17.0 Å². The third-order valence-corrected chi connectivity index (χ3v) is 2.78. The molecule has 2 amide bonds. The van der Waals surface area contributed by atoms with Gasteiger partial charge in [-0.15, -0.1) is 0 Å². The fraction of sp³-hybridized carbons (Fsp3) is 0.583. The highest BCUT2D eigenvalue weighted by Crippen LogP contribution is 2.11. The SMILES string of the molecule is Cc1noc(C)c1CNC(=O)NC(C)CCC(=O)O. The normalized spacial score (nSPS) is 11.9. The molecular weight excluding hydrogens is 250 g/mol. The van der Waals surface area contributed by atoms with E-state index in [0.29, 0.717) is 18.7 Å². The number of carbonyl (C=O) groups is 2. The average Bonchev–Trinajstić information content (AvgIpc) is 2.64. The summed E-state index contributed by atoms with van der Waals surface area (Å²) in [7, 11) is 0. The molecule has 1 unspecified atom stereocenters. The molecule has 0 aromatic carbocycles. The van der Waals surface area contributed by atoms with Gasteiger partial charge in [0.25, 0.3) is 0 Å². The second kappa shape index (κ2) is 6.77. The zero-order chi connectivity index (χ0) is 14.4. The Bertz CT molecular complexity index is 436. The lowest BCUT2D eigenvalue weighted by Gasteiger charge is -2.13. The molecule has 0 spiro atoms. The number of amides is 2. The summed E-state index contributed by atoms with van der Waals surface area (Å²) in [6, 6.07) is -0.529. The maximum atomic E-state index is 11.6. The van der Waals surface area contributed by atoms with Crippen molar-refractivity contribution in [1.82, 2.24) is 15.8 Å². The number of aromatic nitrogens is 1. The smallest absolute Gasteiger partial charge is 0.315 e. The van der Waals surface area contributed by atoms with Crippen molar-refractivity contribution >= 4 is 12.0 Å². The largest absolute Gasteiger partial charge is 0.481 e. The van der Waals surface area contributed by atoms with Crippen LogP contribution in [0.5, 0.6) is 0 Å². The fourth-order valence-corrected chi connectivity index (χ4v) is 1.61. The van der Waals surface area contributed by atoms with E-state index in [-0.39, 0.29) is 18.5 Å². The van der Waals surface area contributed by atoms with Gasteiger partial charge in [0.2, 0.25) is 0 Å². The van der Waals surface area contributed by atoms with Crippen LogP contribution in [0.2, 0.25) is 0 Å². The quantitative estimate of drug-likeness (QED) is 0.723. The molecule has 0 radical (unpaired) electrons. The Balaban J connectivity index is 2.34. The molecule has 1 heterocycles. The molecular formula is C12H19N3O4. The molecule has 0 saturated heterocycles. The Morgan fingerprint density at radius 3 is 2.63 bits per heavy atom. The van der Waals surface area contributed by atoms with Crippen LogP contribution in [0.4, 0.5) is 4.79 Å². The Labute approximate surface area is 111 Å². The standard InChI is InChI=1S/C12H19N3O4/c1-7(4-5-11(16)17)14-12(18)13-6-10-8(2)15-19-9(10)3/h7H,4-6H2,1-3H3,(H,16,17)(H2,13,14,18). The Morgan fingerprint density at radius 2 is 2.11 bits per heavy atom. The molecule has 1 atom stereocenters. The Hall–Kier alpha value is -2.05. The molecule has 1 aromatic heterocycles. The lowest BCUT2D eigenvalue weighted by molar-refractivity contribution is -0.137. The van der Waals surface area contributed by atoms with Gasteiger partial charge in [0.15, 0.2) is 0 Å². The number of carboxylic acids is 1. The van der Waals surface area contributed by atoms with E-state index >= 15 is 0 Å². The summed E-state index contributed by atoms with van der Waals surface area (Å²) in [6.07, 6.45) is 0.430. The van der Waals surface area contributed by atoms with Crippen molar-refractivity contribution in [3.63, 3.8) is 0 Å². The van der Waals surface area contributed by atoms with Gasteiger partial charge in [-0.05, 0) is 27.2 Å². The maximum absolute atomic E-state index is 11.6. The summed E-state index contributed by atoms with van der Waals surface area (Å²) in [6.45, 7) is 5.68. The Kier molecular flexibility index (Phi) is 5.35. The minimum atomic E-state index is -0.871. The van der Waals surface area contributed by atoms with Gasteiger partial charge in [-0.25, -0.2) is 4.79 Å². The van der Waals surface area contributed by atoms with E-state index in [2.05, 4.69) is 15.8 Å². The summed E-state index contributed by atoms with van der Waals surface area (Å²) >= 11 is 0. The topological polar surface area (TPSA) is 104 Å². The number of rotatable bonds is 6. The molecule has 0 saturated carbocycles. The first kappa shape index (κ1) is 15.0. The van der Waals surface area contributed by atoms with Gasteiger partial charge in [-0.2, -0.15) is 0 Å². The van der Waals surface area contributed by atoms with Crippen molar-refractivity contribution in [1.29, 1.82) is 0 Å². The first-order valence-corrected chi connectivity index (χ1v) is 6.08. The van der Waals surface area contributed by atoms with E-state index in [4.69, 9.17) is 9.63 Å². The van der Waals surface area contributed by atoms with Crippen LogP contribution in [0.25, 0.3) is 0 Å². The summed E-state index contributed by atoms with van der Waals surface area (Å²) in [5.41, 5.74) is 1.60. The number of nitrogens with one attached hydrogen (secondary N) is 2. The molecule has 0 fully saturated rings. The molecule has 0 aliphatic heterocycles. The van der Waals surface area contributed by atoms with Gasteiger partial charge in [-0.3, -0.25) is 4.79 Å². The molecule has 3 N–H and O–H groups in total. The molecule has 1 rings (SSSR count). The van der Waals surface area contributed by atoms with Crippen LogP contribution in [0, 0.1) is 13.8 Å². The van der Waals surface area contributed by atoms with Crippen molar-refractivity contribution in [2.24, 2.45) is 0 Å². The number of nitrogens with zero attached hydrogens (tertiary/aromatic N) is 1. The molecule has 7 heteroatoms. The van der Waals surface area contributed by atoms with Crippen molar-refractivity contribution < 1.29 is 19.2 Å². The van der Waals surface area contributed by atoms with Crippen molar-refractivity contribution in [3.8, 4) is 0 Å². The summed E-state index contributed by atoms with van der Waals surface area (Å²) in [5, 5.41) is 17.7. The molecule has 19 heavy (non-hydrogen) atoms. The van der Waals surface area contributed by atoms with Crippen LogP contribution in [-0.2, 0) is 11.3 Å². The van der Waals surface area contributed by atoms with E-state index in [1.165, 1.54) is 0 Å². The predicted octanol–water partition coefficient (Wildman–Crippen LogP) is 1.34. The third kappa shape index (κ3) is 4.99. The average molecular weight is 269 g/mol. The number of aryl methyl sites for hydroxylation is 2. The number of carboxylic acid groups (broad SMARTS) is 1. The minimum Gasteiger partial charge on any atom is -0.481 e. The second-order valence-electron chi connectivity index (χ2n) is 4.46. The number of aliphatic carboxylic acids is 1. The summed E-state index contributed by atoms with van der Waals surface area (Å²) in [5.74, 6) is -0.193. The lowest BCUT2D eigenvalue weighted by atomic mass is 10.2. The number of urea groups is 1. The van der Waals surface area contributed by atoms with Gasteiger partial charge in [0.05, 0.1) is 5.69 Å². The maximum Gasteiger partial charge on any atom is 0.315 e. The molecule has 106 valence electrons. The molecule has 0 bridgehead atoms. The van der Waals surface area contributed by atoms with Gasteiger partial charge >= 0.3 is 12.0 Å². The summed E-state index contributed by atoms with van der Waals surface area (Å²) < 4.78 is 4.99. The van der Waals surface area contributed by atoms with Crippen LogP contribution in [0.1, 0.15) is 36.8 Å². The molecule has 7 nitrogen and oxygen atoms in total. The lowest BCUT2D eigenvalue weighted by Crippen LogP contribution is -2.40. The van der Waals surface area contributed by atoms with Crippen LogP contribution >= 0.6 is 0 Å². The zero-order valence-electron chi connectivity index (χ0n) is 11.3. The van der Waals surface area contributed by atoms with E-state index < -0.39 is 5.97 Å². The van der Waals surface area contributed by atoms with Crippen LogP contribution in [0.3, 0.4) is 0 Å². The minimum absolute atomic E-state index is 0.0330. The third-order valence-electron chi connectivity index (χ3n) is 2.78. The first-order valence-electron chi connectivity index (χ1n) is 6.08. The fourth-order valence-electron chi connectivity index (χ4n) is 1.61. The molecule has 0 aliphatic carbocycles. The van der Waals surface area contributed by atoms with E-state index in [1.807, 2.05) is 0 Å². The highest BCUT2D eigenvalue weighted by atomic mass is 16.5. The highest BCUT2D eigenvalue weighted by Gasteiger charge is 2.12. The molecule has 0 aliphatic rings. The van der Waals surface area contributed by atoms with Crippen molar-refractivity contribution in [2.45, 2.75) is 46.2 Å². The van der Waals surface area contributed by atoms with E-state index in [0.717, 1.165) is 11.3 Å².